The molecule has 0 saturated heterocycles. The topological polar surface area (TPSA) is 20.2 Å². The van der Waals surface area contributed by atoms with E-state index < -0.39 is 0 Å². The van der Waals surface area contributed by atoms with E-state index in [4.69, 9.17) is 0 Å². The Bertz CT molecular complexity index is 404. The molecular weight excluding hydrogens is 228 g/mol. The Morgan fingerprint density at radius 2 is 1.82 bits per heavy atom. The van der Waals surface area contributed by atoms with Crippen molar-refractivity contribution in [3.8, 4) is 0 Å². The Hall–Kier alpha value is -0.470. The molecular formula is C15H20OS. The summed E-state index contributed by atoms with van der Waals surface area (Å²) in [5.41, 5.74) is 3.10. The molecule has 1 saturated carbocycles. The van der Waals surface area contributed by atoms with Gasteiger partial charge >= 0.3 is 0 Å². The van der Waals surface area contributed by atoms with Crippen molar-refractivity contribution in [2.45, 2.75) is 54.6 Å². The normalized spacial score (nSPS) is 21.7. The Balaban J connectivity index is 1.79. The molecule has 0 amide bonds. The van der Waals surface area contributed by atoms with E-state index in [0.717, 1.165) is 0 Å². The van der Waals surface area contributed by atoms with Crippen molar-refractivity contribution in [3.63, 3.8) is 0 Å². The molecule has 2 aliphatic rings. The summed E-state index contributed by atoms with van der Waals surface area (Å²) in [4.78, 5) is 1.36. The van der Waals surface area contributed by atoms with Crippen molar-refractivity contribution in [1.82, 2.24) is 0 Å². The first-order valence-electron chi connectivity index (χ1n) is 6.73. The summed E-state index contributed by atoms with van der Waals surface area (Å²) >= 11 is 1.90. The standard InChI is InChI=1S/C15H20OS/c16-11-15(8-3-9-15)17-14-7-6-12-4-1-2-5-13(12)10-14/h6-7,10,16H,1-5,8-9,11H2. The van der Waals surface area contributed by atoms with Crippen molar-refractivity contribution < 1.29 is 5.11 Å². The van der Waals surface area contributed by atoms with Gasteiger partial charge < -0.3 is 5.11 Å². The molecule has 2 heteroatoms. The highest BCUT2D eigenvalue weighted by atomic mass is 32.2. The Morgan fingerprint density at radius 1 is 1.06 bits per heavy atom. The number of rotatable bonds is 3. The van der Waals surface area contributed by atoms with E-state index in [9.17, 15) is 5.11 Å². The number of benzene rings is 1. The van der Waals surface area contributed by atoms with Crippen LogP contribution in [0.4, 0.5) is 0 Å². The summed E-state index contributed by atoms with van der Waals surface area (Å²) < 4.78 is 0.142. The van der Waals surface area contributed by atoms with Gasteiger partial charge in [0, 0.05) is 9.64 Å². The highest BCUT2D eigenvalue weighted by Crippen LogP contribution is 2.47. The summed E-state index contributed by atoms with van der Waals surface area (Å²) in [6.07, 6.45) is 8.81. The van der Waals surface area contributed by atoms with Crippen LogP contribution in [0.15, 0.2) is 23.1 Å². The third-order valence-electron chi connectivity index (χ3n) is 4.21. The fourth-order valence-corrected chi connectivity index (χ4v) is 4.28. The summed E-state index contributed by atoms with van der Waals surface area (Å²) in [7, 11) is 0. The molecule has 0 heterocycles. The van der Waals surface area contributed by atoms with Crippen molar-refractivity contribution in [3.05, 3.63) is 29.3 Å². The highest BCUT2D eigenvalue weighted by Gasteiger charge is 2.37. The number of aliphatic hydroxyl groups is 1. The molecule has 0 bridgehead atoms. The summed E-state index contributed by atoms with van der Waals surface area (Å²) in [6.45, 7) is 0.328. The van der Waals surface area contributed by atoms with Crippen LogP contribution in [-0.2, 0) is 12.8 Å². The van der Waals surface area contributed by atoms with Gasteiger partial charge in [-0.05, 0) is 61.8 Å². The van der Waals surface area contributed by atoms with Crippen molar-refractivity contribution in [2.24, 2.45) is 0 Å². The average molecular weight is 248 g/mol. The molecule has 1 N–H and O–H groups in total. The minimum Gasteiger partial charge on any atom is -0.395 e. The SMILES string of the molecule is OCC1(Sc2ccc3c(c2)CCCC3)CCC1. The number of hydrogen-bond acceptors (Lipinski definition) is 2. The van der Waals surface area contributed by atoms with Gasteiger partial charge in [0.1, 0.15) is 0 Å². The number of hydrogen-bond donors (Lipinski definition) is 1. The zero-order valence-electron chi connectivity index (χ0n) is 10.2. The van der Waals surface area contributed by atoms with Crippen LogP contribution in [0, 0.1) is 0 Å². The second-order valence-electron chi connectivity index (χ2n) is 5.43. The van der Waals surface area contributed by atoms with E-state index in [0.29, 0.717) is 6.61 Å². The number of aryl methyl sites for hydroxylation is 2. The number of aliphatic hydroxyl groups excluding tert-OH is 1. The van der Waals surface area contributed by atoms with Crippen molar-refractivity contribution in [2.75, 3.05) is 6.61 Å². The quantitative estimate of drug-likeness (QED) is 0.882. The lowest BCUT2D eigenvalue weighted by Gasteiger charge is -2.39. The third kappa shape index (κ3) is 2.25. The molecule has 1 fully saturated rings. The minimum absolute atomic E-state index is 0.142. The Labute approximate surface area is 108 Å². The van der Waals surface area contributed by atoms with Gasteiger partial charge in [-0.3, -0.25) is 0 Å². The second-order valence-corrected chi connectivity index (χ2v) is 6.98. The second kappa shape index (κ2) is 4.66. The van der Waals surface area contributed by atoms with Gasteiger partial charge in [0.25, 0.3) is 0 Å². The van der Waals surface area contributed by atoms with Crippen LogP contribution in [0.1, 0.15) is 43.2 Å². The lowest BCUT2D eigenvalue weighted by molar-refractivity contribution is 0.191. The molecule has 1 aromatic carbocycles. The third-order valence-corrected chi connectivity index (χ3v) is 5.67. The van der Waals surface area contributed by atoms with E-state index >= 15 is 0 Å². The largest absolute Gasteiger partial charge is 0.395 e. The molecule has 0 spiro atoms. The zero-order valence-corrected chi connectivity index (χ0v) is 11.1. The van der Waals surface area contributed by atoms with Crippen LogP contribution in [-0.4, -0.2) is 16.5 Å². The van der Waals surface area contributed by atoms with Gasteiger partial charge in [-0.1, -0.05) is 12.5 Å². The maximum atomic E-state index is 9.52. The van der Waals surface area contributed by atoms with E-state index in [-0.39, 0.29) is 4.75 Å². The lowest BCUT2D eigenvalue weighted by atomic mass is 9.85. The molecule has 0 aliphatic heterocycles. The predicted molar refractivity (Wildman–Crippen MR) is 72.6 cm³/mol. The number of thioether (sulfide) groups is 1. The van der Waals surface area contributed by atoms with E-state index in [1.54, 1.807) is 11.1 Å². The predicted octanol–water partition coefficient (Wildman–Crippen LogP) is 3.57. The summed E-state index contributed by atoms with van der Waals surface area (Å²) in [6, 6.07) is 6.93. The first kappa shape index (κ1) is 11.6. The molecule has 0 radical (unpaired) electrons. The van der Waals surface area contributed by atoms with E-state index in [2.05, 4.69) is 18.2 Å². The van der Waals surface area contributed by atoms with Crippen LogP contribution < -0.4 is 0 Å². The molecule has 0 unspecified atom stereocenters. The van der Waals surface area contributed by atoms with Crippen molar-refractivity contribution in [1.29, 1.82) is 0 Å². The van der Waals surface area contributed by atoms with E-state index in [1.807, 2.05) is 11.8 Å². The van der Waals surface area contributed by atoms with E-state index in [1.165, 1.54) is 49.8 Å². The van der Waals surface area contributed by atoms with Gasteiger partial charge in [0.05, 0.1) is 6.61 Å². The van der Waals surface area contributed by atoms with Gasteiger partial charge in [-0.15, -0.1) is 11.8 Å². The van der Waals surface area contributed by atoms with Gasteiger partial charge in [-0.25, -0.2) is 0 Å². The Kier molecular flexibility index (Phi) is 3.18. The first-order chi connectivity index (χ1) is 8.31. The van der Waals surface area contributed by atoms with Crippen molar-refractivity contribution >= 4 is 11.8 Å². The Morgan fingerprint density at radius 3 is 2.47 bits per heavy atom. The fourth-order valence-electron chi connectivity index (χ4n) is 2.89. The highest BCUT2D eigenvalue weighted by molar-refractivity contribution is 8.00. The minimum atomic E-state index is 0.142. The molecule has 17 heavy (non-hydrogen) atoms. The van der Waals surface area contributed by atoms with Crippen LogP contribution in [0.5, 0.6) is 0 Å². The van der Waals surface area contributed by atoms with Crippen LogP contribution >= 0.6 is 11.8 Å². The average Bonchev–Trinajstić information content (AvgIpc) is 2.34. The molecule has 3 rings (SSSR count). The lowest BCUT2D eigenvalue weighted by Crippen LogP contribution is -2.37. The maximum absolute atomic E-state index is 9.52. The molecule has 2 aliphatic carbocycles. The van der Waals surface area contributed by atoms with Gasteiger partial charge in [0.2, 0.25) is 0 Å². The number of fused-ring (bicyclic) bond motifs is 1. The van der Waals surface area contributed by atoms with Crippen LogP contribution in [0.25, 0.3) is 0 Å². The smallest absolute Gasteiger partial charge is 0.0581 e. The fraction of sp³-hybridized carbons (Fsp3) is 0.600. The molecule has 0 aromatic heterocycles. The van der Waals surface area contributed by atoms with Gasteiger partial charge in [0.15, 0.2) is 0 Å². The molecule has 0 atom stereocenters. The summed E-state index contributed by atoms with van der Waals surface area (Å²) in [5.74, 6) is 0. The molecule has 1 nitrogen and oxygen atoms in total. The maximum Gasteiger partial charge on any atom is 0.0581 e. The summed E-state index contributed by atoms with van der Waals surface area (Å²) in [5, 5.41) is 9.52. The molecule has 92 valence electrons. The van der Waals surface area contributed by atoms with Gasteiger partial charge in [-0.2, -0.15) is 0 Å². The molecule has 1 aromatic rings. The monoisotopic (exact) mass is 248 g/mol. The first-order valence-corrected chi connectivity index (χ1v) is 7.55. The zero-order chi connectivity index (χ0) is 11.7. The van der Waals surface area contributed by atoms with Crippen LogP contribution in [0.2, 0.25) is 0 Å². The van der Waals surface area contributed by atoms with Crippen LogP contribution in [0.3, 0.4) is 0 Å².